The van der Waals surface area contributed by atoms with E-state index in [0.29, 0.717) is 10.5 Å². The van der Waals surface area contributed by atoms with Crippen molar-refractivity contribution in [3.8, 4) is 11.4 Å². The third kappa shape index (κ3) is 1.64. The predicted molar refractivity (Wildman–Crippen MR) is 81.0 cm³/mol. The molecule has 20 heavy (non-hydrogen) atoms. The number of aromatic nitrogens is 3. The van der Waals surface area contributed by atoms with Crippen molar-refractivity contribution in [3.05, 3.63) is 59.0 Å². The van der Waals surface area contributed by atoms with Crippen LogP contribution in [0.2, 0.25) is 0 Å². The van der Waals surface area contributed by atoms with Crippen LogP contribution in [0.15, 0.2) is 53.5 Å². The van der Waals surface area contributed by atoms with Crippen LogP contribution in [0.1, 0.15) is 0 Å². The van der Waals surface area contributed by atoms with Gasteiger partial charge >= 0.3 is 0 Å². The highest BCUT2D eigenvalue weighted by molar-refractivity contribution is 7.25. The maximum Gasteiger partial charge on any atom is 0.269 e. The molecule has 0 unspecified atom stereocenters. The number of nitrogens with zero attached hydrogens (tertiary/aromatic N) is 2. The van der Waals surface area contributed by atoms with Crippen LogP contribution in [0.4, 0.5) is 0 Å². The van der Waals surface area contributed by atoms with Gasteiger partial charge in [0.1, 0.15) is 15.4 Å². The molecule has 4 nitrogen and oxygen atoms in total. The minimum Gasteiger partial charge on any atom is -0.305 e. The van der Waals surface area contributed by atoms with Crippen LogP contribution in [-0.4, -0.2) is 15.0 Å². The summed E-state index contributed by atoms with van der Waals surface area (Å²) in [5.74, 6) is 0.589. The maximum atomic E-state index is 12.2. The van der Waals surface area contributed by atoms with Gasteiger partial charge in [-0.3, -0.25) is 4.79 Å². The molecule has 1 aromatic carbocycles. The summed E-state index contributed by atoms with van der Waals surface area (Å²) in [6.07, 6.45) is 1.73. The van der Waals surface area contributed by atoms with E-state index in [-0.39, 0.29) is 5.56 Å². The number of nitrogens with one attached hydrogen (secondary N) is 1. The molecule has 0 fully saturated rings. The zero-order valence-corrected chi connectivity index (χ0v) is 11.1. The van der Waals surface area contributed by atoms with Crippen LogP contribution in [-0.2, 0) is 0 Å². The minimum absolute atomic E-state index is 0.114. The zero-order valence-electron chi connectivity index (χ0n) is 10.3. The Morgan fingerprint density at radius 1 is 1.05 bits per heavy atom. The van der Waals surface area contributed by atoms with Gasteiger partial charge in [0.05, 0.1) is 5.52 Å². The first-order valence-corrected chi connectivity index (χ1v) is 6.97. The fourth-order valence-corrected chi connectivity index (χ4v) is 3.20. The van der Waals surface area contributed by atoms with E-state index in [1.807, 2.05) is 42.5 Å². The van der Waals surface area contributed by atoms with Gasteiger partial charge < -0.3 is 4.98 Å². The first-order chi connectivity index (χ1) is 9.83. The molecule has 0 saturated carbocycles. The predicted octanol–water partition coefficient (Wildman–Crippen LogP) is 3.20. The van der Waals surface area contributed by atoms with Gasteiger partial charge in [-0.1, -0.05) is 30.3 Å². The fourth-order valence-electron chi connectivity index (χ4n) is 2.22. The number of hydrogen-bond donors (Lipinski definition) is 1. The quantitative estimate of drug-likeness (QED) is 0.582. The molecule has 0 aliphatic heterocycles. The van der Waals surface area contributed by atoms with Crippen molar-refractivity contribution in [2.45, 2.75) is 0 Å². The Morgan fingerprint density at radius 3 is 2.75 bits per heavy atom. The number of thiophene rings is 1. The molecule has 4 aromatic rings. The van der Waals surface area contributed by atoms with E-state index in [2.05, 4.69) is 15.0 Å². The van der Waals surface area contributed by atoms with Gasteiger partial charge in [0.25, 0.3) is 5.56 Å². The second-order valence-corrected chi connectivity index (χ2v) is 5.42. The van der Waals surface area contributed by atoms with Crippen molar-refractivity contribution in [3.63, 3.8) is 0 Å². The zero-order chi connectivity index (χ0) is 13.5. The SMILES string of the molecule is O=c1[nH]c(-c2ccccc2)nc2c1sc1ncccc12. The van der Waals surface area contributed by atoms with Gasteiger partial charge in [0.2, 0.25) is 0 Å². The molecule has 0 atom stereocenters. The molecule has 96 valence electrons. The standard InChI is InChI=1S/C15H9N3OS/c19-14-12-11(10-7-4-8-16-15(10)20-12)17-13(18-14)9-5-2-1-3-6-9/h1-8H,(H,17,18,19). The van der Waals surface area contributed by atoms with Crippen LogP contribution in [0, 0.1) is 0 Å². The monoisotopic (exact) mass is 279 g/mol. The highest BCUT2D eigenvalue weighted by Gasteiger charge is 2.12. The van der Waals surface area contributed by atoms with Gasteiger partial charge in [-0.25, -0.2) is 9.97 Å². The molecule has 0 saturated heterocycles. The average Bonchev–Trinajstić information content (AvgIpc) is 2.88. The molecule has 0 bridgehead atoms. The molecule has 5 heteroatoms. The highest BCUT2D eigenvalue weighted by atomic mass is 32.1. The summed E-state index contributed by atoms with van der Waals surface area (Å²) in [7, 11) is 0. The van der Waals surface area contributed by atoms with Crippen molar-refractivity contribution in [1.29, 1.82) is 0 Å². The normalized spacial score (nSPS) is 11.2. The van der Waals surface area contributed by atoms with E-state index in [9.17, 15) is 4.79 Å². The van der Waals surface area contributed by atoms with Gasteiger partial charge in [-0.15, -0.1) is 11.3 Å². The Morgan fingerprint density at radius 2 is 1.90 bits per heavy atom. The molecular weight excluding hydrogens is 270 g/mol. The lowest BCUT2D eigenvalue weighted by molar-refractivity contribution is 1.19. The van der Waals surface area contributed by atoms with Gasteiger partial charge in [-0.05, 0) is 12.1 Å². The van der Waals surface area contributed by atoms with E-state index >= 15 is 0 Å². The maximum absolute atomic E-state index is 12.2. The lowest BCUT2D eigenvalue weighted by atomic mass is 10.2. The summed E-state index contributed by atoms with van der Waals surface area (Å²) in [5, 5.41) is 0.927. The number of pyridine rings is 1. The first kappa shape index (κ1) is 11.3. The number of fused-ring (bicyclic) bond motifs is 3. The smallest absolute Gasteiger partial charge is 0.269 e. The molecule has 0 aliphatic rings. The molecule has 4 rings (SSSR count). The van der Waals surface area contributed by atoms with Crippen LogP contribution in [0.3, 0.4) is 0 Å². The molecule has 3 aromatic heterocycles. The molecular formula is C15H9N3OS. The summed E-state index contributed by atoms with van der Waals surface area (Å²) in [4.78, 5) is 24.8. The molecule has 1 N–H and O–H groups in total. The van der Waals surface area contributed by atoms with Crippen LogP contribution in [0.5, 0.6) is 0 Å². The van der Waals surface area contributed by atoms with Crippen molar-refractivity contribution in [2.24, 2.45) is 0 Å². The lowest BCUT2D eigenvalue weighted by Crippen LogP contribution is -2.07. The largest absolute Gasteiger partial charge is 0.305 e. The Kier molecular flexibility index (Phi) is 2.40. The number of rotatable bonds is 1. The van der Waals surface area contributed by atoms with Crippen LogP contribution in [0.25, 0.3) is 31.8 Å². The van der Waals surface area contributed by atoms with Crippen molar-refractivity contribution in [2.75, 3.05) is 0 Å². The average molecular weight is 279 g/mol. The Labute approximate surface area is 117 Å². The molecule has 0 radical (unpaired) electrons. The molecule has 0 aliphatic carbocycles. The number of benzene rings is 1. The van der Waals surface area contributed by atoms with Crippen LogP contribution < -0.4 is 5.56 Å². The number of aromatic amines is 1. The summed E-state index contributed by atoms with van der Waals surface area (Å²) >= 11 is 1.37. The summed E-state index contributed by atoms with van der Waals surface area (Å²) in [6, 6.07) is 13.4. The Bertz CT molecular complexity index is 973. The van der Waals surface area contributed by atoms with Crippen LogP contribution >= 0.6 is 11.3 Å². The molecule has 3 heterocycles. The Hall–Kier alpha value is -2.53. The van der Waals surface area contributed by atoms with Crippen molar-refractivity contribution in [1.82, 2.24) is 15.0 Å². The Balaban J connectivity index is 2.11. The summed E-state index contributed by atoms with van der Waals surface area (Å²) in [5.41, 5.74) is 1.51. The number of H-pyrrole nitrogens is 1. The third-order valence-electron chi connectivity index (χ3n) is 3.15. The van der Waals surface area contributed by atoms with Gasteiger partial charge in [0, 0.05) is 17.1 Å². The summed E-state index contributed by atoms with van der Waals surface area (Å²) < 4.78 is 0.624. The first-order valence-electron chi connectivity index (χ1n) is 6.16. The van der Waals surface area contributed by atoms with Gasteiger partial charge in [-0.2, -0.15) is 0 Å². The van der Waals surface area contributed by atoms with E-state index in [4.69, 9.17) is 0 Å². The molecule has 0 amide bonds. The topological polar surface area (TPSA) is 58.6 Å². The molecule has 0 spiro atoms. The minimum atomic E-state index is -0.114. The highest BCUT2D eigenvalue weighted by Crippen LogP contribution is 2.29. The van der Waals surface area contributed by atoms with Gasteiger partial charge in [0.15, 0.2) is 0 Å². The van der Waals surface area contributed by atoms with Crippen molar-refractivity contribution >= 4 is 31.8 Å². The van der Waals surface area contributed by atoms with E-state index in [1.165, 1.54) is 11.3 Å². The summed E-state index contributed by atoms with van der Waals surface area (Å²) in [6.45, 7) is 0. The fraction of sp³-hybridized carbons (Fsp3) is 0. The number of hydrogen-bond acceptors (Lipinski definition) is 4. The van der Waals surface area contributed by atoms with E-state index in [0.717, 1.165) is 21.3 Å². The van der Waals surface area contributed by atoms with E-state index < -0.39 is 0 Å². The van der Waals surface area contributed by atoms with Crippen molar-refractivity contribution < 1.29 is 0 Å². The third-order valence-corrected chi connectivity index (χ3v) is 4.25. The second kappa shape index (κ2) is 4.25. The van der Waals surface area contributed by atoms with E-state index in [1.54, 1.807) is 6.20 Å². The second-order valence-electron chi connectivity index (χ2n) is 4.42. The lowest BCUT2D eigenvalue weighted by Gasteiger charge is -2.00.